The van der Waals surface area contributed by atoms with Gasteiger partial charge in [0.25, 0.3) is 0 Å². The van der Waals surface area contributed by atoms with Gasteiger partial charge in [0.15, 0.2) is 0 Å². The van der Waals surface area contributed by atoms with E-state index in [4.69, 9.17) is 5.73 Å². The van der Waals surface area contributed by atoms with Gasteiger partial charge >= 0.3 is 0 Å². The number of amides is 1. The molecule has 0 atom stereocenters. The first-order valence-electron chi connectivity index (χ1n) is 9.50. The molecular weight excluding hydrogens is 298 g/mol. The summed E-state index contributed by atoms with van der Waals surface area (Å²) >= 11 is 0. The first-order valence-corrected chi connectivity index (χ1v) is 9.50. The summed E-state index contributed by atoms with van der Waals surface area (Å²) in [4.78, 5) is 14.2. The largest absolute Gasteiger partial charge is 0.397 e. The number of benzene rings is 1. The second-order valence-corrected chi connectivity index (χ2v) is 7.12. The number of hydrogen-bond acceptors (Lipinski definition) is 3. The van der Waals surface area contributed by atoms with Crippen LogP contribution in [0.3, 0.4) is 0 Å². The maximum atomic E-state index is 11.9. The van der Waals surface area contributed by atoms with E-state index >= 15 is 0 Å². The molecule has 1 aromatic carbocycles. The molecule has 1 fully saturated rings. The van der Waals surface area contributed by atoms with Crippen molar-refractivity contribution < 1.29 is 4.79 Å². The fourth-order valence-corrected chi connectivity index (χ4v) is 3.25. The maximum Gasteiger partial charge on any atom is 0.220 e. The lowest BCUT2D eigenvalue weighted by Crippen LogP contribution is -2.33. The minimum atomic E-state index is 0.138. The van der Waals surface area contributed by atoms with Gasteiger partial charge in [0.1, 0.15) is 0 Å². The van der Waals surface area contributed by atoms with Crippen molar-refractivity contribution in [2.45, 2.75) is 58.8 Å². The van der Waals surface area contributed by atoms with E-state index in [2.05, 4.69) is 36.2 Å². The number of unbranched alkanes of at least 4 members (excludes halogenated alkanes) is 2. The average Bonchev–Trinajstić information content (AvgIpc) is 2.58. The van der Waals surface area contributed by atoms with Crippen molar-refractivity contribution in [1.82, 2.24) is 5.32 Å². The number of anilines is 2. The highest BCUT2D eigenvalue weighted by atomic mass is 16.1. The Bertz CT molecular complexity index is 522. The molecule has 0 radical (unpaired) electrons. The lowest BCUT2D eigenvalue weighted by molar-refractivity contribution is -0.121. The molecule has 4 nitrogen and oxygen atoms in total. The van der Waals surface area contributed by atoms with Crippen LogP contribution in [0.2, 0.25) is 0 Å². The van der Waals surface area contributed by atoms with Gasteiger partial charge in [0.2, 0.25) is 5.91 Å². The van der Waals surface area contributed by atoms with Gasteiger partial charge < -0.3 is 16.0 Å². The first kappa shape index (κ1) is 18.6. The van der Waals surface area contributed by atoms with Gasteiger partial charge in [-0.2, -0.15) is 0 Å². The summed E-state index contributed by atoms with van der Waals surface area (Å²) in [5.74, 6) is 0.955. The Balaban J connectivity index is 1.80. The zero-order valence-electron chi connectivity index (χ0n) is 15.3. The van der Waals surface area contributed by atoms with E-state index in [1.165, 1.54) is 25.7 Å². The number of hydrogen-bond donors (Lipinski definition) is 2. The zero-order valence-corrected chi connectivity index (χ0v) is 15.3. The van der Waals surface area contributed by atoms with Gasteiger partial charge in [-0.05, 0) is 49.3 Å². The van der Waals surface area contributed by atoms with Crippen molar-refractivity contribution in [3.05, 3.63) is 23.8 Å². The molecule has 24 heavy (non-hydrogen) atoms. The van der Waals surface area contributed by atoms with Crippen LogP contribution < -0.4 is 16.0 Å². The highest BCUT2D eigenvalue weighted by Gasteiger charge is 2.17. The number of rotatable bonds is 8. The van der Waals surface area contributed by atoms with Gasteiger partial charge in [-0.3, -0.25) is 4.79 Å². The molecular formula is C20H33N3O. The minimum Gasteiger partial charge on any atom is -0.397 e. The van der Waals surface area contributed by atoms with Crippen molar-refractivity contribution in [3.8, 4) is 0 Å². The van der Waals surface area contributed by atoms with Crippen LogP contribution in [0, 0.1) is 5.92 Å². The SMILES string of the molecule is CCCCCNC(=O)CCc1ccc(N2CCC(C)CC2)c(N)c1. The summed E-state index contributed by atoms with van der Waals surface area (Å²) in [5.41, 5.74) is 9.39. The van der Waals surface area contributed by atoms with E-state index in [9.17, 15) is 4.79 Å². The molecule has 0 aliphatic carbocycles. The molecule has 1 saturated heterocycles. The molecule has 2 rings (SSSR count). The third-order valence-corrected chi connectivity index (χ3v) is 4.96. The molecule has 1 heterocycles. The van der Waals surface area contributed by atoms with Crippen LogP contribution in [0.25, 0.3) is 0 Å². The number of nitrogens with two attached hydrogens (primary N) is 1. The summed E-state index contributed by atoms with van der Waals surface area (Å²) in [7, 11) is 0. The summed E-state index contributed by atoms with van der Waals surface area (Å²) in [6.07, 6.45) is 7.18. The third-order valence-electron chi connectivity index (χ3n) is 4.96. The summed E-state index contributed by atoms with van der Waals surface area (Å²) < 4.78 is 0. The minimum absolute atomic E-state index is 0.138. The molecule has 1 amide bonds. The number of carbonyl (C=O) groups excluding carboxylic acids is 1. The maximum absolute atomic E-state index is 11.9. The predicted octanol–water partition coefficient (Wildman–Crippen LogP) is 3.74. The van der Waals surface area contributed by atoms with Crippen LogP contribution in [0.4, 0.5) is 11.4 Å². The Kier molecular flexibility index (Phi) is 7.41. The van der Waals surface area contributed by atoms with Crippen molar-refractivity contribution >= 4 is 17.3 Å². The molecule has 134 valence electrons. The van der Waals surface area contributed by atoms with Gasteiger partial charge in [-0.1, -0.05) is 32.8 Å². The van der Waals surface area contributed by atoms with Crippen molar-refractivity contribution in [2.24, 2.45) is 5.92 Å². The summed E-state index contributed by atoms with van der Waals surface area (Å²) in [5, 5.41) is 2.99. The molecule has 0 saturated carbocycles. The number of aryl methyl sites for hydroxylation is 1. The van der Waals surface area contributed by atoms with Crippen molar-refractivity contribution in [1.29, 1.82) is 0 Å². The molecule has 0 aromatic heterocycles. The lowest BCUT2D eigenvalue weighted by atomic mass is 9.98. The fourth-order valence-electron chi connectivity index (χ4n) is 3.25. The van der Waals surface area contributed by atoms with E-state index < -0.39 is 0 Å². The number of carbonyl (C=O) groups is 1. The Labute approximate surface area is 146 Å². The summed E-state index contributed by atoms with van der Waals surface area (Å²) in [6.45, 7) is 7.45. The number of nitrogens with zero attached hydrogens (tertiary/aromatic N) is 1. The van der Waals surface area contributed by atoms with Crippen LogP contribution in [-0.4, -0.2) is 25.5 Å². The fraction of sp³-hybridized carbons (Fsp3) is 0.650. The molecule has 1 aromatic rings. The molecule has 4 heteroatoms. The standard InChI is InChI=1S/C20H33N3O/c1-3-4-5-12-22-20(24)9-7-17-6-8-19(18(21)15-17)23-13-10-16(2)11-14-23/h6,8,15-16H,3-5,7,9-14,21H2,1-2H3,(H,22,24). The Morgan fingerprint density at radius 1 is 1.29 bits per heavy atom. The highest BCUT2D eigenvalue weighted by molar-refractivity contribution is 5.76. The monoisotopic (exact) mass is 331 g/mol. The van der Waals surface area contributed by atoms with Crippen LogP contribution in [-0.2, 0) is 11.2 Å². The van der Waals surface area contributed by atoms with Crippen LogP contribution >= 0.6 is 0 Å². The smallest absolute Gasteiger partial charge is 0.220 e. The molecule has 0 spiro atoms. The number of nitrogens with one attached hydrogen (secondary N) is 1. The average molecular weight is 332 g/mol. The first-order chi connectivity index (χ1) is 11.6. The van der Waals surface area contributed by atoms with Gasteiger partial charge in [0, 0.05) is 26.1 Å². The molecule has 3 N–H and O–H groups in total. The van der Waals surface area contributed by atoms with Gasteiger partial charge in [-0.25, -0.2) is 0 Å². The van der Waals surface area contributed by atoms with E-state index in [1.54, 1.807) is 0 Å². The van der Waals surface area contributed by atoms with Crippen LogP contribution in [0.15, 0.2) is 18.2 Å². The highest BCUT2D eigenvalue weighted by Crippen LogP contribution is 2.29. The summed E-state index contributed by atoms with van der Waals surface area (Å²) in [6, 6.07) is 6.28. The number of nitrogen functional groups attached to an aromatic ring is 1. The Hall–Kier alpha value is -1.71. The molecule has 1 aliphatic heterocycles. The second-order valence-electron chi connectivity index (χ2n) is 7.12. The zero-order chi connectivity index (χ0) is 17.4. The Morgan fingerprint density at radius 3 is 2.71 bits per heavy atom. The number of piperidine rings is 1. The van der Waals surface area contributed by atoms with Gasteiger partial charge in [0.05, 0.1) is 11.4 Å². The molecule has 0 bridgehead atoms. The van der Waals surface area contributed by atoms with Crippen molar-refractivity contribution in [2.75, 3.05) is 30.3 Å². The third kappa shape index (κ3) is 5.73. The van der Waals surface area contributed by atoms with Crippen molar-refractivity contribution in [3.63, 3.8) is 0 Å². The van der Waals surface area contributed by atoms with E-state index in [-0.39, 0.29) is 5.91 Å². The lowest BCUT2D eigenvalue weighted by Gasteiger charge is -2.33. The van der Waals surface area contributed by atoms with Crippen LogP contribution in [0.5, 0.6) is 0 Å². The second kappa shape index (κ2) is 9.55. The topological polar surface area (TPSA) is 58.4 Å². The van der Waals surface area contributed by atoms with E-state index in [0.717, 1.165) is 55.3 Å². The predicted molar refractivity (Wildman–Crippen MR) is 102 cm³/mol. The quantitative estimate of drug-likeness (QED) is 0.563. The van der Waals surface area contributed by atoms with Gasteiger partial charge in [-0.15, -0.1) is 0 Å². The normalized spacial score (nSPS) is 15.5. The molecule has 0 unspecified atom stereocenters. The van der Waals surface area contributed by atoms with E-state index in [1.807, 2.05) is 6.07 Å². The molecule has 1 aliphatic rings. The van der Waals surface area contributed by atoms with E-state index in [0.29, 0.717) is 6.42 Å². The van der Waals surface area contributed by atoms with Crippen LogP contribution in [0.1, 0.15) is 57.9 Å². The Morgan fingerprint density at radius 2 is 2.04 bits per heavy atom.